The van der Waals surface area contributed by atoms with Gasteiger partial charge < -0.3 is 9.47 Å². The number of hydrogen-bond acceptors (Lipinski definition) is 5. The van der Waals surface area contributed by atoms with E-state index in [4.69, 9.17) is 9.47 Å². The molecule has 5 nitrogen and oxygen atoms in total. The Bertz CT molecular complexity index is 7020. The number of carbonyl (C=O) groups is 3. The number of carbonyl (C=O) groups excluding carboxylic acids is 3. The molecule has 3 aliphatic rings. The average Bonchev–Trinajstić information content (AvgIpc) is 1.59. The highest BCUT2D eigenvalue weighted by molar-refractivity contribution is 6.61. The van der Waals surface area contributed by atoms with Gasteiger partial charge in [-0.1, -0.05) is 413 Å². The molecule has 17 aromatic carbocycles. The predicted molar refractivity (Wildman–Crippen MR) is 504 cm³/mol. The maximum Gasteiger partial charge on any atom is 0.195 e. The van der Waals surface area contributed by atoms with E-state index in [0.29, 0.717) is 56.4 Å². The summed E-state index contributed by atoms with van der Waals surface area (Å²) in [5.74, 6) is 2.21. The molecule has 0 aliphatic heterocycles. The number of Topliss-reactive ketones (excluding diaryl/α,β-unsaturated/α-hetero) is 3. The zero-order valence-electron chi connectivity index (χ0n) is 67.1. The van der Waals surface area contributed by atoms with Crippen LogP contribution in [0.2, 0.25) is 0 Å². The van der Waals surface area contributed by atoms with Crippen LogP contribution in [0.3, 0.4) is 0 Å². The van der Waals surface area contributed by atoms with Crippen molar-refractivity contribution in [3.63, 3.8) is 0 Å². The summed E-state index contributed by atoms with van der Waals surface area (Å²) in [6.07, 6.45) is 0.742. The predicted octanol–water partition coefficient (Wildman–Crippen LogP) is 28.8. The summed E-state index contributed by atoms with van der Waals surface area (Å²) in [6, 6.07) is 156. The lowest BCUT2D eigenvalue weighted by Gasteiger charge is -2.16. The molecule has 5 heteroatoms. The van der Waals surface area contributed by atoms with Gasteiger partial charge in [0.05, 0.1) is 0 Å². The Hall–Kier alpha value is -16.2. The van der Waals surface area contributed by atoms with Crippen LogP contribution in [0.15, 0.2) is 461 Å². The number of rotatable bonds is 22. The van der Waals surface area contributed by atoms with Gasteiger partial charge in [0.2, 0.25) is 0 Å². The summed E-state index contributed by atoms with van der Waals surface area (Å²) in [5.41, 5.74) is 29.8. The fraction of sp³-hybridized carbons (Fsp3) is 0.00847. The van der Waals surface area contributed by atoms with Gasteiger partial charge in [0.1, 0.15) is 23.0 Å². The molecule has 0 bridgehead atoms. The Morgan fingerprint density at radius 1 is 0.122 bits per heavy atom. The maximum absolute atomic E-state index is 16.0. The van der Waals surface area contributed by atoms with Gasteiger partial charge in [0, 0.05) is 66.9 Å². The Kier molecular flexibility index (Phi) is 20.7. The normalized spacial score (nSPS) is 13.4. The fourth-order valence-electron chi connectivity index (χ4n) is 17.5. The van der Waals surface area contributed by atoms with Gasteiger partial charge in [-0.15, -0.1) is 0 Å². The van der Waals surface area contributed by atoms with Crippen molar-refractivity contribution in [2.75, 3.05) is 0 Å². The van der Waals surface area contributed by atoms with E-state index in [0.717, 1.165) is 157 Å². The second kappa shape index (κ2) is 33.7. The Morgan fingerprint density at radius 2 is 0.252 bits per heavy atom. The summed E-state index contributed by atoms with van der Waals surface area (Å²) < 4.78 is 13.7. The molecule has 123 heavy (non-hydrogen) atoms. The lowest BCUT2D eigenvalue weighted by Crippen LogP contribution is -2.02. The minimum Gasteiger partial charge on any atom is -0.457 e. The zero-order valence-corrected chi connectivity index (χ0v) is 67.1. The minimum absolute atomic E-state index is 0.0464. The first-order valence-corrected chi connectivity index (χ1v) is 41.6. The van der Waals surface area contributed by atoms with Crippen LogP contribution >= 0.6 is 0 Å². The minimum atomic E-state index is -0.0862. The van der Waals surface area contributed by atoms with Crippen molar-refractivity contribution in [2.45, 2.75) is 6.42 Å². The molecule has 0 saturated heterocycles. The largest absolute Gasteiger partial charge is 0.457 e. The Balaban J connectivity index is 0.644. The van der Waals surface area contributed by atoms with Crippen molar-refractivity contribution in [1.82, 2.24) is 0 Å². The average molecular weight is 1580 g/mol. The molecule has 580 valence electrons. The summed E-state index contributed by atoms with van der Waals surface area (Å²) in [5, 5.41) is 0. The summed E-state index contributed by atoms with van der Waals surface area (Å²) >= 11 is 0. The van der Waals surface area contributed by atoms with Crippen LogP contribution in [0.25, 0.3) is 111 Å². The van der Waals surface area contributed by atoms with E-state index in [2.05, 4.69) is 218 Å². The van der Waals surface area contributed by atoms with Gasteiger partial charge >= 0.3 is 0 Å². The van der Waals surface area contributed by atoms with E-state index in [1.807, 2.05) is 243 Å². The third-order valence-electron chi connectivity index (χ3n) is 23.5. The Morgan fingerprint density at radius 3 is 0.455 bits per heavy atom. The third-order valence-corrected chi connectivity index (χ3v) is 23.5. The van der Waals surface area contributed by atoms with Crippen molar-refractivity contribution >= 4 is 84.2 Å². The van der Waals surface area contributed by atoms with E-state index in [1.165, 1.54) is 5.56 Å². The molecular weight excluding hydrogens is 1500 g/mol. The molecule has 0 aromatic heterocycles. The molecule has 20 rings (SSSR count). The van der Waals surface area contributed by atoms with Crippen molar-refractivity contribution < 1.29 is 23.9 Å². The maximum atomic E-state index is 16.0. The molecule has 0 radical (unpaired) electrons. The summed E-state index contributed by atoms with van der Waals surface area (Å²) in [7, 11) is 0. The smallest absolute Gasteiger partial charge is 0.195 e. The van der Waals surface area contributed by atoms with Gasteiger partial charge in [0.15, 0.2) is 17.3 Å². The number of ketones is 3. The molecule has 0 unspecified atom stereocenters. The second-order valence-electron chi connectivity index (χ2n) is 31.0. The van der Waals surface area contributed by atoms with Gasteiger partial charge in [-0.25, -0.2) is 0 Å². The molecular formula is C118H78O5. The highest BCUT2D eigenvalue weighted by Gasteiger charge is 2.39. The number of hydrogen-bond donors (Lipinski definition) is 0. The topological polar surface area (TPSA) is 69.7 Å². The number of benzene rings is 17. The third kappa shape index (κ3) is 15.2. The highest BCUT2D eigenvalue weighted by Crippen LogP contribution is 2.55. The van der Waals surface area contributed by atoms with Crippen molar-refractivity contribution in [2.24, 2.45) is 0 Å². The first-order valence-electron chi connectivity index (χ1n) is 41.6. The lowest BCUT2D eigenvalue weighted by molar-refractivity contribution is -0.109. The highest BCUT2D eigenvalue weighted by atomic mass is 16.5. The zero-order chi connectivity index (χ0) is 82.5. The van der Waals surface area contributed by atoms with Crippen molar-refractivity contribution in [3.05, 3.63) is 539 Å². The molecule has 0 atom stereocenters. The van der Waals surface area contributed by atoms with Gasteiger partial charge in [-0.2, -0.15) is 0 Å². The van der Waals surface area contributed by atoms with E-state index in [9.17, 15) is 0 Å². The van der Waals surface area contributed by atoms with Crippen LogP contribution < -0.4 is 9.47 Å². The van der Waals surface area contributed by atoms with Crippen LogP contribution in [0.4, 0.5) is 0 Å². The quantitative estimate of drug-likeness (QED) is 0.0676. The van der Waals surface area contributed by atoms with E-state index in [-0.39, 0.29) is 17.3 Å². The van der Waals surface area contributed by atoms with Gasteiger partial charge in [0.25, 0.3) is 0 Å². The molecule has 0 fully saturated rings. The molecule has 0 heterocycles. The van der Waals surface area contributed by atoms with Crippen LogP contribution in [-0.2, 0) is 20.8 Å². The number of ether oxygens (including phenoxy) is 2. The molecule has 0 spiro atoms. The molecule has 0 amide bonds. The second-order valence-corrected chi connectivity index (χ2v) is 31.0. The molecule has 17 aromatic rings. The molecule has 3 aliphatic carbocycles. The number of allylic oxidation sites excluding steroid dienone is 12. The standard InChI is InChI=1S/C118H78O5/c119-116-112(90-39-23-8-24-40-90)106(93-61-69-100(70-62-93)122-101-71-63-94(64-72-101)107-104(91-53-45-84(46-54-91)80-27-11-2-12-28-80)110(88-35-19-6-20-36-88)117(120)114(107)98-57-49-86(50-58-98)82-31-15-4-16-32-82)109(113(116)97-43-41-79(42-44-97)77-78-25-9-1-10-26-78)96-67-75-103(76-68-96)123-102-73-65-95(66-74-102)108-105(92-55-47-85(48-56-92)81-29-13-3-14-30-81)111(89-37-21-7-22-38-89)118(121)115(108)99-59-51-87(52-60-99)83-33-17-5-18-34-83/h1-76H,77H2. The van der Waals surface area contributed by atoms with Crippen molar-refractivity contribution in [3.8, 4) is 67.5 Å². The van der Waals surface area contributed by atoms with Crippen LogP contribution in [0.1, 0.15) is 77.9 Å². The SMILES string of the molecule is O=C1C(c2ccccc2)=C(c2ccc(Oc3ccc(C4=C(c5ccc(-c6ccccc6)cc5)C(=O)C(c5ccccc5)=C4c4ccc(-c5ccccc5)cc4)cc3)cc2)C(c2ccc(Oc3ccc(C4=C(c5ccc(-c6ccccc6)cc5)C(=O)C(c5ccccc5)=C4c4ccc(-c5ccccc5)cc4)cc3)cc2)=C1c1ccc(Cc2ccccc2)cc1. The van der Waals surface area contributed by atoms with Crippen LogP contribution in [0.5, 0.6) is 23.0 Å². The van der Waals surface area contributed by atoms with Gasteiger partial charge in [-0.3, -0.25) is 14.4 Å². The molecule has 0 saturated carbocycles. The van der Waals surface area contributed by atoms with E-state index < -0.39 is 0 Å². The lowest BCUT2D eigenvalue weighted by atomic mass is 9.88. The Labute approximate surface area is 716 Å². The summed E-state index contributed by atoms with van der Waals surface area (Å²) in [6.45, 7) is 0. The van der Waals surface area contributed by atoms with E-state index in [1.54, 1.807) is 0 Å². The first kappa shape index (κ1) is 75.5. The first-order chi connectivity index (χ1) is 60.7. The van der Waals surface area contributed by atoms with Crippen molar-refractivity contribution in [1.29, 1.82) is 0 Å². The monoisotopic (exact) mass is 1570 g/mol. The fourth-order valence-corrected chi connectivity index (χ4v) is 17.5. The summed E-state index contributed by atoms with van der Waals surface area (Å²) in [4.78, 5) is 47.3. The van der Waals surface area contributed by atoms with Gasteiger partial charge in [-0.05, 0) is 177 Å². The van der Waals surface area contributed by atoms with Crippen LogP contribution in [0, 0.1) is 0 Å². The van der Waals surface area contributed by atoms with E-state index >= 15 is 14.4 Å². The van der Waals surface area contributed by atoms with Crippen LogP contribution in [-0.4, -0.2) is 17.3 Å². The molecule has 0 N–H and O–H groups in total.